The molecule has 0 bridgehead atoms. The number of hydrogen-bond acceptors (Lipinski definition) is 2. The Kier molecular flexibility index (Phi) is 3.54. The summed E-state index contributed by atoms with van der Waals surface area (Å²) in [7, 11) is 0. The molecule has 1 aromatic rings. The highest BCUT2D eigenvalue weighted by atomic mass is 16.2. The van der Waals surface area contributed by atoms with Crippen LogP contribution >= 0.6 is 0 Å². The second-order valence-electron chi connectivity index (χ2n) is 4.38. The average molecular weight is 218 g/mol. The van der Waals surface area contributed by atoms with Gasteiger partial charge in [0.15, 0.2) is 0 Å². The van der Waals surface area contributed by atoms with E-state index in [9.17, 15) is 4.79 Å². The van der Waals surface area contributed by atoms with Crippen molar-refractivity contribution in [2.75, 3.05) is 13.1 Å². The minimum absolute atomic E-state index is 0.0822. The smallest absolute Gasteiger partial charge is 0.272 e. The van der Waals surface area contributed by atoms with Gasteiger partial charge in [0.25, 0.3) is 5.91 Å². The molecule has 1 fully saturated rings. The molecule has 0 saturated carbocycles. The minimum Gasteiger partial charge on any atom is -0.337 e. The minimum atomic E-state index is 0.0822. The van der Waals surface area contributed by atoms with Crippen LogP contribution in [0.1, 0.15) is 36.7 Å². The predicted octanol–water partition coefficient (Wildman–Crippen LogP) is 2.34. The molecular formula is C13H18N2O. The van der Waals surface area contributed by atoms with Crippen LogP contribution in [0.5, 0.6) is 0 Å². The third kappa shape index (κ3) is 2.40. The fraction of sp³-hybridized carbons (Fsp3) is 0.538. The standard InChI is InChI=1S/C13H18N2O/c1-2-11-6-5-9-15(10-11)13(16)12-7-3-4-8-14-12/h3-4,7-8,11H,2,5-6,9-10H2,1H3. The summed E-state index contributed by atoms with van der Waals surface area (Å²) in [6, 6.07) is 5.49. The van der Waals surface area contributed by atoms with Crippen LogP contribution in [-0.4, -0.2) is 28.9 Å². The third-order valence-electron chi connectivity index (χ3n) is 3.27. The number of amides is 1. The van der Waals surface area contributed by atoms with E-state index in [2.05, 4.69) is 11.9 Å². The molecule has 1 aliphatic heterocycles. The van der Waals surface area contributed by atoms with Crippen molar-refractivity contribution in [1.82, 2.24) is 9.88 Å². The van der Waals surface area contributed by atoms with E-state index in [1.54, 1.807) is 12.3 Å². The zero-order valence-electron chi connectivity index (χ0n) is 9.72. The van der Waals surface area contributed by atoms with Gasteiger partial charge in [-0.05, 0) is 30.9 Å². The van der Waals surface area contributed by atoms with Crippen LogP contribution in [-0.2, 0) is 0 Å². The predicted molar refractivity (Wildman–Crippen MR) is 63.2 cm³/mol. The molecule has 86 valence electrons. The molecular weight excluding hydrogens is 200 g/mol. The quantitative estimate of drug-likeness (QED) is 0.763. The zero-order chi connectivity index (χ0) is 11.4. The molecule has 16 heavy (non-hydrogen) atoms. The number of piperidine rings is 1. The Bertz CT molecular complexity index is 350. The van der Waals surface area contributed by atoms with E-state index in [0.29, 0.717) is 11.6 Å². The van der Waals surface area contributed by atoms with Crippen LogP contribution in [0.25, 0.3) is 0 Å². The van der Waals surface area contributed by atoms with E-state index in [1.165, 1.54) is 6.42 Å². The highest BCUT2D eigenvalue weighted by Gasteiger charge is 2.23. The monoisotopic (exact) mass is 218 g/mol. The van der Waals surface area contributed by atoms with Crippen LogP contribution in [0.3, 0.4) is 0 Å². The Labute approximate surface area is 96.5 Å². The molecule has 3 nitrogen and oxygen atoms in total. The van der Waals surface area contributed by atoms with Crippen LogP contribution in [0.4, 0.5) is 0 Å². The maximum atomic E-state index is 12.1. The van der Waals surface area contributed by atoms with Crippen molar-refractivity contribution < 1.29 is 4.79 Å². The van der Waals surface area contributed by atoms with E-state index >= 15 is 0 Å². The van der Waals surface area contributed by atoms with E-state index in [0.717, 1.165) is 25.9 Å². The lowest BCUT2D eigenvalue weighted by Crippen LogP contribution is -2.40. The van der Waals surface area contributed by atoms with Gasteiger partial charge in [-0.2, -0.15) is 0 Å². The Balaban J connectivity index is 2.05. The molecule has 1 amide bonds. The molecule has 3 heteroatoms. The summed E-state index contributed by atoms with van der Waals surface area (Å²) in [5.74, 6) is 0.750. The molecule has 2 rings (SSSR count). The highest BCUT2D eigenvalue weighted by molar-refractivity contribution is 5.92. The van der Waals surface area contributed by atoms with Crippen molar-refractivity contribution in [3.05, 3.63) is 30.1 Å². The fourth-order valence-electron chi connectivity index (χ4n) is 2.23. The van der Waals surface area contributed by atoms with Crippen molar-refractivity contribution in [2.45, 2.75) is 26.2 Å². The topological polar surface area (TPSA) is 33.2 Å². The van der Waals surface area contributed by atoms with Crippen molar-refractivity contribution in [1.29, 1.82) is 0 Å². The second-order valence-corrected chi connectivity index (χ2v) is 4.38. The van der Waals surface area contributed by atoms with Crippen molar-refractivity contribution in [3.8, 4) is 0 Å². The summed E-state index contributed by atoms with van der Waals surface area (Å²) < 4.78 is 0. The first-order valence-electron chi connectivity index (χ1n) is 6.01. The first-order valence-corrected chi connectivity index (χ1v) is 6.01. The van der Waals surface area contributed by atoms with Crippen LogP contribution in [0.2, 0.25) is 0 Å². The molecule has 1 atom stereocenters. The summed E-state index contributed by atoms with van der Waals surface area (Å²) in [6.07, 6.45) is 5.21. The second kappa shape index (κ2) is 5.10. The highest BCUT2D eigenvalue weighted by Crippen LogP contribution is 2.20. The normalized spacial score (nSPS) is 20.8. The van der Waals surface area contributed by atoms with E-state index in [-0.39, 0.29) is 5.91 Å². The first kappa shape index (κ1) is 11.1. The zero-order valence-corrected chi connectivity index (χ0v) is 9.72. The Hall–Kier alpha value is -1.38. The number of pyridine rings is 1. The maximum Gasteiger partial charge on any atom is 0.272 e. The molecule has 0 aromatic carbocycles. The van der Waals surface area contributed by atoms with Gasteiger partial charge in [0.2, 0.25) is 0 Å². The summed E-state index contributed by atoms with van der Waals surface area (Å²) in [4.78, 5) is 18.2. The lowest BCUT2D eigenvalue weighted by molar-refractivity contribution is 0.0665. The van der Waals surface area contributed by atoms with Gasteiger partial charge in [0.05, 0.1) is 0 Å². The number of likely N-dealkylation sites (tertiary alicyclic amines) is 1. The summed E-state index contributed by atoms with van der Waals surface area (Å²) in [5.41, 5.74) is 0.569. The molecule has 1 aliphatic rings. The molecule has 0 spiro atoms. The number of aromatic nitrogens is 1. The molecule has 1 unspecified atom stereocenters. The van der Waals surface area contributed by atoms with E-state index < -0.39 is 0 Å². The first-order chi connectivity index (χ1) is 7.81. The Morgan fingerprint density at radius 3 is 3.12 bits per heavy atom. The third-order valence-corrected chi connectivity index (χ3v) is 3.27. The number of nitrogens with zero attached hydrogens (tertiary/aromatic N) is 2. The molecule has 2 heterocycles. The molecule has 0 radical (unpaired) electrons. The summed E-state index contributed by atoms with van der Waals surface area (Å²) in [6.45, 7) is 3.97. The lowest BCUT2D eigenvalue weighted by atomic mass is 9.95. The van der Waals surface area contributed by atoms with Gasteiger partial charge in [-0.15, -0.1) is 0 Å². The van der Waals surface area contributed by atoms with Gasteiger partial charge in [-0.1, -0.05) is 19.4 Å². The number of carbonyl (C=O) groups excluding carboxylic acids is 1. The van der Waals surface area contributed by atoms with Gasteiger partial charge in [-0.3, -0.25) is 9.78 Å². The molecule has 0 N–H and O–H groups in total. The van der Waals surface area contributed by atoms with Gasteiger partial charge in [0, 0.05) is 19.3 Å². The molecule has 1 aromatic heterocycles. The van der Waals surface area contributed by atoms with E-state index in [1.807, 2.05) is 17.0 Å². The van der Waals surface area contributed by atoms with Gasteiger partial charge < -0.3 is 4.90 Å². The van der Waals surface area contributed by atoms with Gasteiger partial charge in [0.1, 0.15) is 5.69 Å². The summed E-state index contributed by atoms with van der Waals surface area (Å²) >= 11 is 0. The van der Waals surface area contributed by atoms with E-state index in [4.69, 9.17) is 0 Å². The van der Waals surface area contributed by atoms with Crippen molar-refractivity contribution in [3.63, 3.8) is 0 Å². The molecule has 1 saturated heterocycles. The van der Waals surface area contributed by atoms with Crippen molar-refractivity contribution >= 4 is 5.91 Å². The summed E-state index contributed by atoms with van der Waals surface area (Å²) in [5, 5.41) is 0. The number of carbonyl (C=O) groups is 1. The van der Waals surface area contributed by atoms with Crippen LogP contribution in [0, 0.1) is 5.92 Å². The fourth-order valence-corrected chi connectivity index (χ4v) is 2.23. The SMILES string of the molecule is CCC1CCCN(C(=O)c2ccccn2)C1. The Morgan fingerprint density at radius 1 is 1.56 bits per heavy atom. The van der Waals surface area contributed by atoms with Crippen molar-refractivity contribution in [2.24, 2.45) is 5.92 Å². The van der Waals surface area contributed by atoms with Gasteiger partial charge >= 0.3 is 0 Å². The van der Waals surface area contributed by atoms with Crippen LogP contribution in [0.15, 0.2) is 24.4 Å². The maximum absolute atomic E-state index is 12.1. The molecule has 0 aliphatic carbocycles. The number of hydrogen-bond donors (Lipinski definition) is 0. The number of rotatable bonds is 2. The van der Waals surface area contributed by atoms with Crippen LogP contribution < -0.4 is 0 Å². The lowest BCUT2D eigenvalue weighted by Gasteiger charge is -2.32. The Morgan fingerprint density at radius 2 is 2.44 bits per heavy atom. The van der Waals surface area contributed by atoms with Gasteiger partial charge in [-0.25, -0.2) is 0 Å². The largest absolute Gasteiger partial charge is 0.337 e. The average Bonchev–Trinajstić information content (AvgIpc) is 2.39.